The van der Waals surface area contributed by atoms with Crippen LogP contribution in [-0.2, 0) is 9.26 Å². The van der Waals surface area contributed by atoms with Gasteiger partial charge in [0.1, 0.15) is 0 Å². The van der Waals surface area contributed by atoms with Crippen molar-refractivity contribution in [1.29, 1.82) is 0 Å². The lowest BCUT2D eigenvalue weighted by molar-refractivity contribution is -0.00850. The van der Waals surface area contributed by atoms with Gasteiger partial charge in [0, 0.05) is 28.1 Å². The average molecular weight is 189 g/mol. The van der Waals surface area contributed by atoms with Crippen molar-refractivity contribution >= 4 is 9.47 Å². The summed E-state index contributed by atoms with van der Waals surface area (Å²) in [7, 11) is 2.33. The van der Waals surface area contributed by atoms with Crippen LogP contribution in [0.25, 0.3) is 0 Å². The minimum atomic E-state index is 0.636. The van der Waals surface area contributed by atoms with E-state index < -0.39 is 0 Å². The molecule has 2 aliphatic rings. The van der Waals surface area contributed by atoms with E-state index in [1.54, 1.807) is 0 Å². The first-order chi connectivity index (χ1) is 5.92. The van der Waals surface area contributed by atoms with Crippen LogP contribution in [0.2, 0.25) is 0 Å². The first-order valence-corrected chi connectivity index (χ1v) is 5.04. The third kappa shape index (κ3) is 1.64. The molecule has 0 aromatic carbocycles. The molecule has 12 heavy (non-hydrogen) atoms. The summed E-state index contributed by atoms with van der Waals surface area (Å²) in [4.78, 5) is 2.54. The Morgan fingerprint density at radius 3 is 3.25 bits per heavy atom. The highest BCUT2D eigenvalue weighted by Crippen LogP contribution is 2.26. The molecule has 2 fully saturated rings. The van der Waals surface area contributed by atoms with E-state index in [-0.39, 0.29) is 0 Å². The summed E-state index contributed by atoms with van der Waals surface area (Å²) in [5.74, 6) is 0. The van der Waals surface area contributed by atoms with Crippen LogP contribution in [-0.4, -0.2) is 43.3 Å². The van der Waals surface area contributed by atoms with Gasteiger partial charge in [-0.1, -0.05) is 0 Å². The Balaban J connectivity index is 1.92. The molecule has 0 bridgehead atoms. The van der Waals surface area contributed by atoms with E-state index in [0.717, 1.165) is 26.4 Å². The number of nitrogens with zero attached hydrogens (tertiary/aromatic N) is 1. The minimum absolute atomic E-state index is 0.636. The Morgan fingerprint density at radius 2 is 2.42 bits per heavy atom. The molecule has 0 radical (unpaired) electrons. The monoisotopic (exact) mass is 189 g/mol. The maximum atomic E-state index is 5.42. The van der Waals surface area contributed by atoms with Crippen LogP contribution < -0.4 is 0 Å². The molecule has 0 N–H and O–H groups in total. The molecule has 0 aromatic rings. The lowest BCUT2D eigenvalue weighted by Crippen LogP contribution is -2.46. The van der Waals surface area contributed by atoms with Gasteiger partial charge >= 0.3 is 0 Å². The van der Waals surface area contributed by atoms with Gasteiger partial charge in [0.15, 0.2) is 0 Å². The van der Waals surface area contributed by atoms with E-state index in [4.69, 9.17) is 9.26 Å². The molecule has 4 heteroatoms. The second kappa shape index (κ2) is 4.01. The lowest BCUT2D eigenvalue weighted by atomic mass is 10.2. The largest absolute Gasteiger partial charge is 0.378 e. The van der Waals surface area contributed by atoms with E-state index in [1.807, 2.05) is 0 Å². The first-order valence-electron chi connectivity index (χ1n) is 4.57. The average Bonchev–Trinajstić information content (AvgIpc) is 2.50. The fourth-order valence-electron chi connectivity index (χ4n) is 2.24. The van der Waals surface area contributed by atoms with Crippen molar-refractivity contribution in [1.82, 2.24) is 4.90 Å². The minimum Gasteiger partial charge on any atom is -0.378 e. The van der Waals surface area contributed by atoms with Crippen LogP contribution in [0.3, 0.4) is 0 Å². The molecule has 0 saturated carbocycles. The Labute approximate surface area is 75.7 Å². The van der Waals surface area contributed by atoms with E-state index in [1.165, 1.54) is 12.8 Å². The molecule has 2 rings (SSSR count). The topological polar surface area (TPSA) is 21.7 Å². The van der Waals surface area contributed by atoms with Crippen LogP contribution in [0.5, 0.6) is 0 Å². The summed E-state index contributed by atoms with van der Waals surface area (Å²) >= 11 is 0. The maximum absolute atomic E-state index is 5.42. The third-order valence-corrected chi connectivity index (χ3v) is 3.06. The zero-order valence-corrected chi connectivity index (χ0v) is 8.39. The summed E-state index contributed by atoms with van der Waals surface area (Å²) in [6.45, 7) is 3.75. The Bertz CT molecular complexity index is 156. The number of morpholine rings is 1. The molecule has 0 amide bonds. The maximum Gasteiger partial charge on any atom is 0.0657 e. The predicted octanol–water partition coefficient (Wildman–Crippen LogP) is 0.656. The van der Waals surface area contributed by atoms with Crippen molar-refractivity contribution < 1.29 is 9.26 Å². The molecule has 0 aromatic heterocycles. The Hall–Kier alpha value is 0.310. The number of hydrogen-bond acceptors (Lipinski definition) is 3. The molecular weight excluding hydrogens is 173 g/mol. The fourth-order valence-corrected chi connectivity index (χ4v) is 2.46. The number of fused-ring (bicyclic) bond motifs is 1. The van der Waals surface area contributed by atoms with Crippen molar-refractivity contribution in [3.8, 4) is 0 Å². The van der Waals surface area contributed by atoms with Gasteiger partial charge in [-0.2, -0.15) is 0 Å². The highest BCUT2D eigenvalue weighted by atomic mass is 31.0. The van der Waals surface area contributed by atoms with Crippen molar-refractivity contribution in [2.45, 2.75) is 24.9 Å². The molecule has 0 aliphatic carbocycles. The summed E-state index contributed by atoms with van der Waals surface area (Å²) in [6.07, 6.45) is 2.54. The molecule has 3 atom stereocenters. The zero-order chi connectivity index (χ0) is 8.39. The molecule has 3 unspecified atom stereocenters. The molecule has 2 saturated heterocycles. The van der Waals surface area contributed by atoms with Crippen molar-refractivity contribution in [3.63, 3.8) is 0 Å². The highest BCUT2D eigenvalue weighted by Gasteiger charge is 2.34. The third-order valence-electron chi connectivity index (χ3n) is 2.86. The summed E-state index contributed by atoms with van der Waals surface area (Å²) < 4.78 is 10.5. The van der Waals surface area contributed by atoms with E-state index in [0.29, 0.717) is 12.1 Å². The molecule has 70 valence electrons. The Kier molecular flexibility index (Phi) is 2.97. The highest BCUT2D eigenvalue weighted by molar-refractivity contribution is 7.09. The summed E-state index contributed by atoms with van der Waals surface area (Å²) in [5.41, 5.74) is 0. The fraction of sp³-hybridized carbons (Fsp3) is 1.00. The van der Waals surface area contributed by atoms with E-state index in [2.05, 4.69) is 14.4 Å². The second-order valence-corrected chi connectivity index (χ2v) is 3.86. The van der Waals surface area contributed by atoms with Gasteiger partial charge in [-0.25, -0.2) is 0 Å². The quantitative estimate of drug-likeness (QED) is 0.595. The summed E-state index contributed by atoms with van der Waals surface area (Å²) in [6, 6.07) is 1.31. The molecular formula is C8H16NO2P. The van der Waals surface area contributed by atoms with Crippen LogP contribution in [0, 0.1) is 0 Å². The van der Waals surface area contributed by atoms with Gasteiger partial charge in [0.05, 0.1) is 19.8 Å². The summed E-state index contributed by atoms with van der Waals surface area (Å²) in [5, 5.41) is 0. The van der Waals surface area contributed by atoms with Gasteiger partial charge in [-0.15, -0.1) is 0 Å². The van der Waals surface area contributed by atoms with Gasteiger partial charge in [0.25, 0.3) is 0 Å². The van der Waals surface area contributed by atoms with Crippen LogP contribution in [0.1, 0.15) is 12.8 Å². The smallest absolute Gasteiger partial charge is 0.0657 e. The van der Waals surface area contributed by atoms with Gasteiger partial charge in [0.2, 0.25) is 0 Å². The normalized spacial score (nSPS) is 36.8. The SMILES string of the molecule is POCC1CCC2COCCN12. The standard InChI is InChI=1S/C8H16NO2P/c12-11-6-8-2-1-7-5-10-4-3-9(7)8/h7-8H,1-6,12H2. The first kappa shape index (κ1) is 8.89. The number of ether oxygens (including phenoxy) is 1. The lowest BCUT2D eigenvalue weighted by Gasteiger charge is -2.33. The van der Waals surface area contributed by atoms with Gasteiger partial charge < -0.3 is 9.26 Å². The van der Waals surface area contributed by atoms with Crippen LogP contribution in [0.4, 0.5) is 0 Å². The van der Waals surface area contributed by atoms with Gasteiger partial charge in [-0.05, 0) is 12.8 Å². The Morgan fingerprint density at radius 1 is 1.50 bits per heavy atom. The van der Waals surface area contributed by atoms with E-state index in [9.17, 15) is 0 Å². The second-order valence-electron chi connectivity index (χ2n) is 3.53. The van der Waals surface area contributed by atoms with Crippen LogP contribution >= 0.6 is 9.47 Å². The molecule has 2 aliphatic heterocycles. The van der Waals surface area contributed by atoms with Gasteiger partial charge in [-0.3, -0.25) is 4.90 Å². The number of rotatable bonds is 2. The molecule has 3 nitrogen and oxygen atoms in total. The number of hydrogen-bond donors (Lipinski definition) is 0. The van der Waals surface area contributed by atoms with Crippen molar-refractivity contribution in [2.75, 3.05) is 26.4 Å². The molecule has 2 heterocycles. The van der Waals surface area contributed by atoms with E-state index >= 15 is 0 Å². The van der Waals surface area contributed by atoms with Crippen molar-refractivity contribution in [2.24, 2.45) is 0 Å². The predicted molar refractivity (Wildman–Crippen MR) is 50.0 cm³/mol. The van der Waals surface area contributed by atoms with Crippen LogP contribution in [0.15, 0.2) is 0 Å². The van der Waals surface area contributed by atoms with Crippen molar-refractivity contribution in [3.05, 3.63) is 0 Å². The molecule has 0 spiro atoms. The zero-order valence-electron chi connectivity index (χ0n) is 7.24.